The van der Waals surface area contributed by atoms with Crippen LogP contribution < -0.4 is 0 Å². The van der Waals surface area contributed by atoms with E-state index in [0.29, 0.717) is 5.41 Å². The van der Waals surface area contributed by atoms with Gasteiger partial charge in [-0.1, -0.05) is 27.2 Å². The van der Waals surface area contributed by atoms with Gasteiger partial charge < -0.3 is 5.11 Å². The molecule has 0 aromatic rings. The summed E-state index contributed by atoms with van der Waals surface area (Å²) in [6, 6.07) is 0. The molecule has 98 valence electrons. The SMILES string of the molecule is C[C@H]1[C@H]2C[C@H](C[C@@H]2[C@@H]2CCC[C@@H](O)C2)C1(C)C. The van der Waals surface area contributed by atoms with Gasteiger partial charge in [-0.3, -0.25) is 0 Å². The standard InChI is InChI=1S/C16H28O/c1-10-14-8-12(16(10,2)3)9-15(14)11-5-4-6-13(17)7-11/h10-15,17H,4-9H2,1-3H3/t10-,11+,12+,13+,14+,15+/m0/s1. The lowest BCUT2D eigenvalue weighted by Gasteiger charge is -2.44. The van der Waals surface area contributed by atoms with E-state index in [0.717, 1.165) is 42.4 Å². The second-order valence-corrected chi connectivity index (χ2v) is 7.69. The van der Waals surface area contributed by atoms with E-state index in [9.17, 15) is 5.11 Å². The highest BCUT2D eigenvalue weighted by Crippen LogP contribution is 2.63. The van der Waals surface area contributed by atoms with E-state index < -0.39 is 0 Å². The van der Waals surface area contributed by atoms with Crippen molar-refractivity contribution < 1.29 is 5.11 Å². The van der Waals surface area contributed by atoms with Crippen LogP contribution in [0.2, 0.25) is 0 Å². The van der Waals surface area contributed by atoms with Crippen LogP contribution in [0.3, 0.4) is 0 Å². The molecule has 0 heterocycles. The number of aliphatic hydroxyl groups excluding tert-OH is 1. The van der Waals surface area contributed by atoms with Crippen LogP contribution in [-0.4, -0.2) is 11.2 Å². The molecular formula is C16H28O. The van der Waals surface area contributed by atoms with Crippen molar-refractivity contribution in [1.29, 1.82) is 0 Å². The lowest BCUT2D eigenvalue weighted by Crippen LogP contribution is -2.37. The van der Waals surface area contributed by atoms with Crippen molar-refractivity contribution in [2.24, 2.45) is 35.0 Å². The lowest BCUT2D eigenvalue weighted by atomic mass is 9.62. The average Bonchev–Trinajstić information content (AvgIpc) is 2.79. The van der Waals surface area contributed by atoms with Gasteiger partial charge in [0.1, 0.15) is 0 Å². The van der Waals surface area contributed by atoms with Gasteiger partial charge in [0.05, 0.1) is 6.10 Å². The van der Waals surface area contributed by atoms with Crippen LogP contribution in [0, 0.1) is 35.0 Å². The van der Waals surface area contributed by atoms with Crippen molar-refractivity contribution in [2.45, 2.75) is 65.4 Å². The topological polar surface area (TPSA) is 20.2 Å². The van der Waals surface area contributed by atoms with Gasteiger partial charge in [0.25, 0.3) is 0 Å². The fourth-order valence-corrected chi connectivity index (χ4v) is 5.34. The summed E-state index contributed by atoms with van der Waals surface area (Å²) in [5, 5.41) is 9.88. The summed E-state index contributed by atoms with van der Waals surface area (Å²) in [4.78, 5) is 0. The molecule has 1 nitrogen and oxygen atoms in total. The first-order valence-electron chi connectivity index (χ1n) is 7.68. The highest BCUT2D eigenvalue weighted by Gasteiger charge is 2.56. The Morgan fingerprint density at radius 3 is 2.29 bits per heavy atom. The molecule has 0 unspecified atom stereocenters. The molecule has 0 saturated heterocycles. The van der Waals surface area contributed by atoms with Crippen molar-refractivity contribution in [3.63, 3.8) is 0 Å². The molecule has 0 radical (unpaired) electrons. The van der Waals surface area contributed by atoms with E-state index in [2.05, 4.69) is 20.8 Å². The fraction of sp³-hybridized carbons (Fsp3) is 1.00. The van der Waals surface area contributed by atoms with Gasteiger partial charge >= 0.3 is 0 Å². The molecule has 6 atom stereocenters. The zero-order valence-electron chi connectivity index (χ0n) is 11.7. The number of aliphatic hydroxyl groups is 1. The minimum Gasteiger partial charge on any atom is -0.393 e. The monoisotopic (exact) mass is 236 g/mol. The summed E-state index contributed by atoms with van der Waals surface area (Å²) in [7, 11) is 0. The lowest BCUT2D eigenvalue weighted by molar-refractivity contribution is 0.0247. The molecule has 0 aromatic heterocycles. The van der Waals surface area contributed by atoms with Gasteiger partial charge in [0.15, 0.2) is 0 Å². The number of hydrogen-bond donors (Lipinski definition) is 1. The van der Waals surface area contributed by atoms with Crippen molar-refractivity contribution >= 4 is 0 Å². The van der Waals surface area contributed by atoms with Crippen molar-refractivity contribution in [3.8, 4) is 0 Å². The van der Waals surface area contributed by atoms with E-state index in [1.54, 1.807) is 0 Å². The number of rotatable bonds is 1. The molecule has 3 rings (SSSR count). The predicted octanol–water partition coefficient (Wildman–Crippen LogP) is 3.86. The molecule has 3 saturated carbocycles. The van der Waals surface area contributed by atoms with E-state index >= 15 is 0 Å². The molecule has 1 heteroatoms. The minimum absolute atomic E-state index is 0.0104. The molecular weight excluding hydrogens is 208 g/mol. The fourth-order valence-electron chi connectivity index (χ4n) is 5.34. The largest absolute Gasteiger partial charge is 0.393 e. The Balaban J connectivity index is 1.72. The van der Waals surface area contributed by atoms with Gasteiger partial charge in [-0.15, -0.1) is 0 Å². The Morgan fingerprint density at radius 1 is 1.00 bits per heavy atom. The first-order chi connectivity index (χ1) is 8.00. The first kappa shape index (κ1) is 12.0. The molecule has 0 aromatic carbocycles. The number of hydrogen-bond acceptors (Lipinski definition) is 1. The van der Waals surface area contributed by atoms with Gasteiger partial charge in [-0.25, -0.2) is 0 Å². The summed E-state index contributed by atoms with van der Waals surface area (Å²) >= 11 is 0. The van der Waals surface area contributed by atoms with Crippen molar-refractivity contribution in [2.75, 3.05) is 0 Å². The predicted molar refractivity (Wildman–Crippen MR) is 70.6 cm³/mol. The Morgan fingerprint density at radius 2 is 1.71 bits per heavy atom. The Labute approximate surface area is 106 Å². The second-order valence-electron chi connectivity index (χ2n) is 7.69. The van der Waals surface area contributed by atoms with Crippen LogP contribution in [0.15, 0.2) is 0 Å². The van der Waals surface area contributed by atoms with Crippen LogP contribution in [0.4, 0.5) is 0 Å². The molecule has 0 spiro atoms. The Bertz CT molecular complexity index is 292. The van der Waals surface area contributed by atoms with Crippen LogP contribution in [0.1, 0.15) is 59.3 Å². The quantitative estimate of drug-likeness (QED) is 0.733. The maximum absolute atomic E-state index is 9.88. The van der Waals surface area contributed by atoms with E-state index in [1.807, 2.05) is 0 Å². The van der Waals surface area contributed by atoms with Crippen LogP contribution in [0.25, 0.3) is 0 Å². The third-order valence-corrected chi connectivity index (χ3v) is 6.82. The zero-order chi connectivity index (χ0) is 12.2. The molecule has 17 heavy (non-hydrogen) atoms. The average molecular weight is 236 g/mol. The third kappa shape index (κ3) is 1.77. The molecule has 2 bridgehead atoms. The maximum Gasteiger partial charge on any atom is 0.0543 e. The Hall–Kier alpha value is -0.0400. The highest BCUT2D eigenvalue weighted by atomic mass is 16.3. The molecule has 3 aliphatic carbocycles. The van der Waals surface area contributed by atoms with Crippen LogP contribution >= 0.6 is 0 Å². The van der Waals surface area contributed by atoms with Crippen LogP contribution in [0.5, 0.6) is 0 Å². The van der Waals surface area contributed by atoms with Crippen molar-refractivity contribution in [3.05, 3.63) is 0 Å². The first-order valence-corrected chi connectivity index (χ1v) is 7.68. The molecule has 3 fully saturated rings. The minimum atomic E-state index is 0.0104. The van der Waals surface area contributed by atoms with E-state index in [1.165, 1.54) is 25.7 Å². The van der Waals surface area contributed by atoms with Crippen molar-refractivity contribution in [1.82, 2.24) is 0 Å². The molecule has 3 aliphatic rings. The van der Waals surface area contributed by atoms with Gasteiger partial charge in [-0.05, 0) is 67.1 Å². The van der Waals surface area contributed by atoms with E-state index in [4.69, 9.17) is 0 Å². The number of fused-ring (bicyclic) bond motifs is 2. The summed E-state index contributed by atoms with van der Waals surface area (Å²) in [6.07, 6.45) is 7.75. The molecule has 0 aliphatic heterocycles. The smallest absolute Gasteiger partial charge is 0.0543 e. The molecule has 0 amide bonds. The van der Waals surface area contributed by atoms with Crippen LogP contribution in [-0.2, 0) is 0 Å². The normalized spacial score (nSPS) is 52.9. The summed E-state index contributed by atoms with van der Waals surface area (Å²) in [6.45, 7) is 7.44. The zero-order valence-corrected chi connectivity index (χ0v) is 11.7. The second kappa shape index (κ2) is 3.98. The molecule has 1 N–H and O–H groups in total. The van der Waals surface area contributed by atoms with Gasteiger partial charge in [0, 0.05) is 0 Å². The summed E-state index contributed by atoms with van der Waals surface area (Å²) in [5.41, 5.74) is 0.578. The summed E-state index contributed by atoms with van der Waals surface area (Å²) < 4.78 is 0. The highest BCUT2D eigenvalue weighted by molar-refractivity contribution is 5.05. The summed E-state index contributed by atoms with van der Waals surface area (Å²) in [5.74, 6) is 4.60. The third-order valence-electron chi connectivity index (χ3n) is 6.82. The van der Waals surface area contributed by atoms with E-state index in [-0.39, 0.29) is 6.10 Å². The maximum atomic E-state index is 9.88. The Kier molecular flexibility index (Phi) is 2.81. The van der Waals surface area contributed by atoms with Gasteiger partial charge in [-0.2, -0.15) is 0 Å². The van der Waals surface area contributed by atoms with Gasteiger partial charge in [0.2, 0.25) is 0 Å².